The highest BCUT2D eigenvalue weighted by atomic mass is 79.9. The van der Waals surface area contributed by atoms with E-state index in [-0.39, 0.29) is 0 Å². The molecule has 86 valence electrons. The average molecular weight is 285 g/mol. The number of carbonyl (C=O) groups is 1. The Hall–Kier alpha value is -1.03. The molecule has 0 amide bonds. The minimum absolute atomic E-state index is 0.547. The van der Waals surface area contributed by atoms with Crippen molar-refractivity contribution in [3.8, 4) is 5.75 Å². The van der Waals surface area contributed by atoms with E-state index < -0.39 is 11.4 Å². The SMILES string of the molecule is COc1ccc(Br)cc1CC1(C(=O)O)CC1. The van der Waals surface area contributed by atoms with Crippen LogP contribution in [0.4, 0.5) is 0 Å². The van der Waals surface area contributed by atoms with Crippen LogP contribution in [-0.2, 0) is 11.2 Å². The van der Waals surface area contributed by atoms with E-state index in [0.29, 0.717) is 6.42 Å². The summed E-state index contributed by atoms with van der Waals surface area (Å²) in [6.07, 6.45) is 2.07. The maximum absolute atomic E-state index is 11.1. The molecular formula is C12H13BrO3. The standard InChI is InChI=1S/C12H13BrO3/c1-16-10-3-2-9(13)6-8(10)7-12(4-5-12)11(14)15/h2-3,6H,4-5,7H2,1H3,(H,14,15). The van der Waals surface area contributed by atoms with Gasteiger partial charge in [-0.2, -0.15) is 0 Å². The Morgan fingerprint density at radius 2 is 2.25 bits per heavy atom. The van der Waals surface area contributed by atoms with E-state index in [1.54, 1.807) is 7.11 Å². The molecule has 0 unspecified atom stereocenters. The predicted octanol–water partition coefficient (Wildman–Crippen LogP) is 2.87. The van der Waals surface area contributed by atoms with Gasteiger partial charge in [0.05, 0.1) is 12.5 Å². The molecule has 4 heteroatoms. The lowest BCUT2D eigenvalue weighted by Gasteiger charge is -2.13. The Morgan fingerprint density at radius 1 is 1.56 bits per heavy atom. The second-order valence-corrected chi connectivity index (χ2v) is 5.13. The second kappa shape index (κ2) is 4.09. The third kappa shape index (κ3) is 2.07. The van der Waals surface area contributed by atoms with Crippen molar-refractivity contribution in [2.75, 3.05) is 7.11 Å². The zero-order chi connectivity index (χ0) is 11.8. The molecule has 3 nitrogen and oxygen atoms in total. The van der Waals surface area contributed by atoms with E-state index in [2.05, 4.69) is 15.9 Å². The molecule has 0 radical (unpaired) electrons. The summed E-state index contributed by atoms with van der Waals surface area (Å²) in [5.74, 6) is 0.0604. The van der Waals surface area contributed by atoms with Gasteiger partial charge in [-0.15, -0.1) is 0 Å². The van der Waals surface area contributed by atoms with Crippen LogP contribution in [0.1, 0.15) is 18.4 Å². The molecule has 1 aromatic carbocycles. The van der Waals surface area contributed by atoms with Crippen molar-refractivity contribution in [1.82, 2.24) is 0 Å². The van der Waals surface area contributed by atoms with Crippen LogP contribution in [0.25, 0.3) is 0 Å². The molecule has 1 fully saturated rings. The van der Waals surface area contributed by atoms with Crippen LogP contribution in [0.3, 0.4) is 0 Å². The number of halogens is 1. The lowest BCUT2D eigenvalue weighted by atomic mass is 9.96. The van der Waals surface area contributed by atoms with E-state index in [4.69, 9.17) is 9.84 Å². The molecule has 1 aliphatic rings. The van der Waals surface area contributed by atoms with E-state index in [1.165, 1.54) is 0 Å². The van der Waals surface area contributed by atoms with Gasteiger partial charge < -0.3 is 9.84 Å². The number of aliphatic carboxylic acids is 1. The summed E-state index contributed by atoms with van der Waals surface area (Å²) in [5, 5.41) is 9.15. The monoisotopic (exact) mass is 284 g/mol. The van der Waals surface area contributed by atoms with E-state index in [0.717, 1.165) is 28.6 Å². The van der Waals surface area contributed by atoms with Gasteiger partial charge in [-0.3, -0.25) is 4.79 Å². The summed E-state index contributed by atoms with van der Waals surface area (Å²) < 4.78 is 6.19. The molecule has 0 aromatic heterocycles. The Bertz CT molecular complexity index is 424. The van der Waals surface area contributed by atoms with Crippen LogP contribution >= 0.6 is 15.9 Å². The van der Waals surface area contributed by atoms with Crippen molar-refractivity contribution >= 4 is 21.9 Å². The van der Waals surface area contributed by atoms with Gasteiger partial charge in [0.1, 0.15) is 5.75 Å². The predicted molar refractivity (Wildman–Crippen MR) is 63.7 cm³/mol. The van der Waals surface area contributed by atoms with Gasteiger partial charge in [0.15, 0.2) is 0 Å². The average Bonchev–Trinajstić information content (AvgIpc) is 2.99. The molecule has 1 saturated carbocycles. The van der Waals surface area contributed by atoms with Crippen molar-refractivity contribution in [1.29, 1.82) is 0 Å². The molecule has 0 saturated heterocycles. The normalized spacial score (nSPS) is 16.9. The van der Waals surface area contributed by atoms with Gasteiger partial charge >= 0.3 is 5.97 Å². The Kier molecular flexibility index (Phi) is 2.93. The van der Waals surface area contributed by atoms with Crippen molar-refractivity contribution in [3.63, 3.8) is 0 Å². The minimum atomic E-state index is -0.700. The molecule has 0 aliphatic heterocycles. The van der Waals surface area contributed by atoms with Gasteiger partial charge in [0.25, 0.3) is 0 Å². The molecule has 16 heavy (non-hydrogen) atoms. The van der Waals surface area contributed by atoms with Gasteiger partial charge in [-0.25, -0.2) is 0 Å². The third-order valence-electron chi connectivity index (χ3n) is 3.08. The van der Waals surface area contributed by atoms with Gasteiger partial charge in [-0.05, 0) is 43.0 Å². The second-order valence-electron chi connectivity index (χ2n) is 4.22. The zero-order valence-electron chi connectivity index (χ0n) is 9.00. The quantitative estimate of drug-likeness (QED) is 0.925. The van der Waals surface area contributed by atoms with Crippen LogP contribution in [-0.4, -0.2) is 18.2 Å². The van der Waals surface area contributed by atoms with E-state index in [9.17, 15) is 4.79 Å². The van der Waals surface area contributed by atoms with Crippen LogP contribution < -0.4 is 4.74 Å². The van der Waals surface area contributed by atoms with Crippen LogP contribution in [0.5, 0.6) is 5.75 Å². The minimum Gasteiger partial charge on any atom is -0.496 e. The Morgan fingerprint density at radius 3 is 2.75 bits per heavy atom. The molecule has 0 atom stereocenters. The zero-order valence-corrected chi connectivity index (χ0v) is 10.6. The number of carboxylic acids is 1. The lowest BCUT2D eigenvalue weighted by Crippen LogP contribution is -2.17. The van der Waals surface area contributed by atoms with Crippen molar-refractivity contribution < 1.29 is 14.6 Å². The summed E-state index contributed by atoms with van der Waals surface area (Å²) in [7, 11) is 1.60. The lowest BCUT2D eigenvalue weighted by molar-refractivity contribution is -0.143. The smallest absolute Gasteiger partial charge is 0.309 e. The summed E-state index contributed by atoms with van der Waals surface area (Å²) in [6, 6.07) is 5.68. The number of carboxylic acid groups (broad SMARTS) is 1. The van der Waals surface area contributed by atoms with Gasteiger partial charge in [0, 0.05) is 4.47 Å². The number of methoxy groups -OCH3 is 1. The number of hydrogen-bond donors (Lipinski definition) is 1. The van der Waals surface area contributed by atoms with E-state index >= 15 is 0 Å². The first-order chi connectivity index (χ1) is 7.57. The molecule has 0 bridgehead atoms. The summed E-state index contributed by atoms with van der Waals surface area (Å²) in [4.78, 5) is 11.1. The largest absolute Gasteiger partial charge is 0.496 e. The van der Waals surface area contributed by atoms with Gasteiger partial charge in [-0.1, -0.05) is 15.9 Å². The fourth-order valence-electron chi connectivity index (χ4n) is 1.87. The van der Waals surface area contributed by atoms with Crippen molar-refractivity contribution in [2.45, 2.75) is 19.3 Å². The Balaban J connectivity index is 2.27. The topological polar surface area (TPSA) is 46.5 Å². The Labute approximate surface area is 103 Å². The number of hydrogen-bond acceptors (Lipinski definition) is 2. The van der Waals surface area contributed by atoms with E-state index in [1.807, 2.05) is 18.2 Å². The highest BCUT2D eigenvalue weighted by molar-refractivity contribution is 9.10. The fourth-order valence-corrected chi connectivity index (χ4v) is 2.28. The summed E-state index contributed by atoms with van der Waals surface area (Å²) in [5.41, 5.74) is 0.408. The summed E-state index contributed by atoms with van der Waals surface area (Å²) in [6.45, 7) is 0. The maximum atomic E-state index is 11.1. The van der Waals surface area contributed by atoms with Crippen molar-refractivity contribution in [2.24, 2.45) is 5.41 Å². The highest BCUT2D eigenvalue weighted by Crippen LogP contribution is 2.49. The molecule has 0 spiro atoms. The first-order valence-corrected chi connectivity index (χ1v) is 5.92. The number of rotatable bonds is 4. The fraction of sp³-hybridized carbons (Fsp3) is 0.417. The highest BCUT2D eigenvalue weighted by Gasteiger charge is 2.50. The number of benzene rings is 1. The molecule has 2 rings (SSSR count). The van der Waals surface area contributed by atoms with Crippen LogP contribution in [0.2, 0.25) is 0 Å². The molecule has 0 heterocycles. The third-order valence-corrected chi connectivity index (χ3v) is 3.57. The molecule has 1 aliphatic carbocycles. The van der Waals surface area contributed by atoms with Crippen LogP contribution in [0, 0.1) is 5.41 Å². The molecular weight excluding hydrogens is 272 g/mol. The first-order valence-electron chi connectivity index (χ1n) is 5.13. The van der Waals surface area contributed by atoms with Crippen molar-refractivity contribution in [3.05, 3.63) is 28.2 Å². The van der Waals surface area contributed by atoms with Gasteiger partial charge in [0.2, 0.25) is 0 Å². The first kappa shape index (κ1) is 11.5. The molecule has 1 aromatic rings. The maximum Gasteiger partial charge on any atom is 0.309 e. The van der Waals surface area contributed by atoms with Crippen LogP contribution in [0.15, 0.2) is 22.7 Å². The molecule has 1 N–H and O–H groups in total. The summed E-state index contributed by atoms with van der Waals surface area (Å²) >= 11 is 3.39. The number of ether oxygens (including phenoxy) is 1.